The Morgan fingerprint density at radius 3 is 2.00 bits per heavy atom. The van der Waals surface area contributed by atoms with Crippen molar-refractivity contribution in [3.8, 4) is 0 Å². The maximum atomic E-state index is 11.2. The fourth-order valence-corrected chi connectivity index (χ4v) is 1.46. The summed E-state index contributed by atoms with van der Waals surface area (Å²) >= 11 is 0.792. The molecule has 13 heavy (non-hydrogen) atoms. The van der Waals surface area contributed by atoms with E-state index in [9.17, 15) is 14.4 Å². The molecule has 0 saturated carbocycles. The topological polar surface area (TPSA) is 80.5 Å². The van der Waals surface area contributed by atoms with Crippen LogP contribution in [0, 0.1) is 5.92 Å². The van der Waals surface area contributed by atoms with Crippen LogP contribution in [0.2, 0.25) is 0 Å². The Hall–Kier alpha value is -0.880. The number of Topliss-reactive ketones (excluding diaryl/α,β-unsaturated/α-hetero) is 1. The fourth-order valence-electron chi connectivity index (χ4n) is 0.715. The van der Waals surface area contributed by atoms with Crippen LogP contribution in [0.3, 0.4) is 0 Å². The average Bonchev–Trinajstić information content (AvgIpc) is 1.81. The summed E-state index contributed by atoms with van der Waals surface area (Å²) < 4.78 is 1.50. The van der Waals surface area contributed by atoms with Crippen LogP contribution in [0.15, 0.2) is 0 Å². The predicted molar refractivity (Wildman–Crippen MR) is 49.7 cm³/mol. The predicted octanol–water partition coefficient (Wildman–Crippen LogP) is -0.587. The van der Waals surface area contributed by atoms with Crippen molar-refractivity contribution in [3.05, 3.63) is 0 Å². The van der Waals surface area contributed by atoms with Crippen LogP contribution in [0.25, 0.3) is 0 Å². The van der Waals surface area contributed by atoms with Crippen molar-refractivity contribution in [2.45, 2.75) is 6.92 Å². The number of nitrogens with zero attached hydrogens (tertiary/aromatic N) is 1. The van der Waals surface area contributed by atoms with E-state index < -0.39 is 22.7 Å². The maximum absolute atomic E-state index is 11.2. The molecule has 0 aromatic rings. The van der Waals surface area contributed by atoms with E-state index >= 15 is 0 Å². The highest BCUT2D eigenvalue weighted by atomic mass is 32.2. The molecule has 0 radical (unpaired) electrons. The van der Waals surface area contributed by atoms with Crippen molar-refractivity contribution in [2.75, 3.05) is 14.1 Å². The first kappa shape index (κ1) is 12.1. The lowest BCUT2D eigenvalue weighted by Crippen LogP contribution is -2.35. The molecule has 5 nitrogen and oxygen atoms in total. The second-order valence-electron chi connectivity index (χ2n) is 2.67. The van der Waals surface area contributed by atoms with Gasteiger partial charge < -0.3 is 5.73 Å². The minimum atomic E-state index is -1.33. The Balaban J connectivity index is 4.48. The number of amides is 1. The van der Waals surface area contributed by atoms with Crippen molar-refractivity contribution in [2.24, 2.45) is 11.7 Å². The molecule has 0 fully saturated rings. The highest BCUT2D eigenvalue weighted by molar-refractivity contribution is 8.11. The third kappa shape index (κ3) is 4.05. The summed E-state index contributed by atoms with van der Waals surface area (Å²) in [6, 6.07) is 0. The summed E-state index contributed by atoms with van der Waals surface area (Å²) in [7, 11) is 3.28. The quantitative estimate of drug-likeness (QED) is 0.489. The van der Waals surface area contributed by atoms with Gasteiger partial charge in [0.2, 0.25) is 11.0 Å². The minimum absolute atomic E-state index is 0.521. The van der Waals surface area contributed by atoms with Crippen molar-refractivity contribution in [1.29, 1.82) is 0 Å². The maximum Gasteiger partial charge on any atom is 0.236 e. The summed E-state index contributed by atoms with van der Waals surface area (Å²) in [4.78, 5) is 32.8. The first-order valence-corrected chi connectivity index (χ1v) is 4.32. The van der Waals surface area contributed by atoms with Crippen LogP contribution >= 0.6 is 11.9 Å². The molecular formula is C7H12N2O3S. The number of hydrogen-bond acceptors (Lipinski definition) is 5. The van der Waals surface area contributed by atoms with Gasteiger partial charge in [-0.05, 0) is 33.0 Å². The SMILES string of the molecule is CC(=O)C(C(N)=O)C(=O)SN(C)C. The van der Waals surface area contributed by atoms with E-state index in [2.05, 4.69) is 0 Å². The zero-order valence-corrected chi connectivity index (χ0v) is 8.55. The van der Waals surface area contributed by atoms with E-state index in [1.165, 1.54) is 11.2 Å². The molecular weight excluding hydrogens is 192 g/mol. The van der Waals surface area contributed by atoms with Crippen LogP contribution < -0.4 is 5.73 Å². The zero-order valence-electron chi connectivity index (χ0n) is 7.73. The molecule has 0 saturated heterocycles. The first-order chi connectivity index (χ1) is 5.86. The number of hydrogen-bond donors (Lipinski definition) is 1. The van der Waals surface area contributed by atoms with E-state index in [1.54, 1.807) is 14.1 Å². The molecule has 0 aromatic heterocycles. The average molecular weight is 204 g/mol. The van der Waals surface area contributed by atoms with Gasteiger partial charge in [0.25, 0.3) is 0 Å². The van der Waals surface area contributed by atoms with Gasteiger partial charge in [-0.1, -0.05) is 0 Å². The summed E-state index contributed by atoms with van der Waals surface area (Å²) in [5, 5.41) is -0.537. The van der Waals surface area contributed by atoms with E-state index in [-0.39, 0.29) is 0 Å². The van der Waals surface area contributed by atoms with Gasteiger partial charge in [-0.25, -0.2) is 0 Å². The molecule has 1 atom stereocenters. The number of ketones is 1. The van der Waals surface area contributed by atoms with Crippen molar-refractivity contribution in [3.63, 3.8) is 0 Å². The number of carbonyl (C=O) groups is 3. The van der Waals surface area contributed by atoms with Gasteiger partial charge in [0.1, 0.15) is 0 Å². The Labute approximate surface area is 80.8 Å². The molecule has 1 unspecified atom stereocenters. The third-order valence-electron chi connectivity index (χ3n) is 1.20. The number of nitrogens with two attached hydrogens (primary N) is 1. The number of primary amides is 1. The smallest absolute Gasteiger partial charge is 0.236 e. The Kier molecular flexibility index (Phi) is 4.64. The molecule has 1 amide bonds. The van der Waals surface area contributed by atoms with Gasteiger partial charge in [-0.2, -0.15) is 0 Å². The third-order valence-corrected chi connectivity index (χ3v) is 1.98. The lowest BCUT2D eigenvalue weighted by Gasteiger charge is -2.11. The highest BCUT2D eigenvalue weighted by Gasteiger charge is 2.29. The van der Waals surface area contributed by atoms with Crippen LogP contribution in [0.5, 0.6) is 0 Å². The van der Waals surface area contributed by atoms with Crippen molar-refractivity contribution in [1.82, 2.24) is 4.31 Å². The standard InChI is InChI=1S/C7H12N2O3S/c1-4(10)5(6(8)11)7(12)13-9(2)3/h5H,1-3H3,(H2,8,11). The number of carbonyl (C=O) groups excluding carboxylic acids is 3. The largest absolute Gasteiger partial charge is 0.369 e. The molecule has 0 rings (SSSR count). The van der Waals surface area contributed by atoms with Crippen LogP contribution in [0.4, 0.5) is 0 Å². The Morgan fingerprint density at radius 2 is 1.77 bits per heavy atom. The Bertz CT molecular complexity index is 226. The monoisotopic (exact) mass is 204 g/mol. The molecule has 0 bridgehead atoms. The highest BCUT2D eigenvalue weighted by Crippen LogP contribution is 2.13. The van der Waals surface area contributed by atoms with Gasteiger partial charge in [0, 0.05) is 0 Å². The van der Waals surface area contributed by atoms with Gasteiger partial charge >= 0.3 is 0 Å². The summed E-state index contributed by atoms with van der Waals surface area (Å²) in [5.41, 5.74) is 4.90. The van der Waals surface area contributed by atoms with E-state index in [0.717, 1.165) is 11.9 Å². The molecule has 0 aliphatic carbocycles. The van der Waals surface area contributed by atoms with E-state index in [1.807, 2.05) is 0 Å². The van der Waals surface area contributed by atoms with E-state index in [4.69, 9.17) is 5.73 Å². The van der Waals surface area contributed by atoms with Crippen LogP contribution in [-0.4, -0.2) is 35.2 Å². The van der Waals surface area contributed by atoms with Gasteiger partial charge in [0.15, 0.2) is 11.7 Å². The van der Waals surface area contributed by atoms with Crippen molar-refractivity contribution >= 4 is 28.8 Å². The molecule has 2 N–H and O–H groups in total. The second-order valence-corrected chi connectivity index (χ2v) is 3.98. The molecule has 74 valence electrons. The first-order valence-electron chi connectivity index (χ1n) is 3.55. The van der Waals surface area contributed by atoms with Gasteiger partial charge in [0.05, 0.1) is 0 Å². The van der Waals surface area contributed by atoms with E-state index in [0.29, 0.717) is 0 Å². The lowest BCUT2D eigenvalue weighted by atomic mass is 10.1. The molecule has 0 heterocycles. The second kappa shape index (κ2) is 4.98. The van der Waals surface area contributed by atoms with Crippen molar-refractivity contribution < 1.29 is 14.4 Å². The number of rotatable bonds is 4. The van der Waals surface area contributed by atoms with Crippen LogP contribution in [-0.2, 0) is 14.4 Å². The minimum Gasteiger partial charge on any atom is -0.369 e. The van der Waals surface area contributed by atoms with Gasteiger partial charge in [-0.15, -0.1) is 0 Å². The summed E-state index contributed by atoms with van der Waals surface area (Å²) in [6.07, 6.45) is 0. The summed E-state index contributed by atoms with van der Waals surface area (Å²) in [6.45, 7) is 1.17. The fraction of sp³-hybridized carbons (Fsp3) is 0.571. The normalized spacial score (nSPS) is 12.6. The lowest BCUT2D eigenvalue weighted by molar-refractivity contribution is -0.135. The molecule has 6 heteroatoms. The van der Waals surface area contributed by atoms with Gasteiger partial charge in [-0.3, -0.25) is 18.7 Å². The summed E-state index contributed by atoms with van der Waals surface area (Å²) in [5.74, 6) is -2.74. The van der Waals surface area contributed by atoms with Crippen LogP contribution in [0.1, 0.15) is 6.92 Å². The molecule has 0 spiro atoms. The molecule has 0 aromatic carbocycles. The molecule has 0 aliphatic rings. The Morgan fingerprint density at radius 1 is 1.31 bits per heavy atom. The molecule has 0 aliphatic heterocycles. The zero-order chi connectivity index (χ0) is 10.6.